The number of hydrogen-bond donors (Lipinski definition) is 0. The summed E-state index contributed by atoms with van der Waals surface area (Å²) in [7, 11) is 0. The Morgan fingerprint density at radius 1 is 1.03 bits per heavy atom. The van der Waals surface area contributed by atoms with E-state index in [1.807, 2.05) is 11.8 Å². The third-order valence-corrected chi connectivity index (χ3v) is 8.17. The van der Waals surface area contributed by atoms with Gasteiger partial charge in [0.15, 0.2) is 0 Å². The number of carbonyl (C=O) groups excluding carboxylic acids is 1. The second kappa shape index (κ2) is 9.74. The first-order valence-electron chi connectivity index (χ1n) is 11.2. The minimum atomic E-state index is -4.44. The van der Waals surface area contributed by atoms with Crippen LogP contribution in [0, 0.1) is 6.92 Å². The van der Waals surface area contributed by atoms with Gasteiger partial charge in [-0.25, -0.2) is 0 Å². The highest BCUT2D eigenvalue weighted by atomic mass is 35.5. The van der Waals surface area contributed by atoms with Crippen LogP contribution in [0.5, 0.6) is 0 Å². The molecule has 32 heavy (non-hydrogen) atoms. The molecule has 174 valence electrons. The van der Waals surface area contributed by atoms with E-state index in [4.69, 9.17) is 11.6 Å². The van der Waals surface area contributed by atoms with Crippen molar-refractivity contribution in [3.8, 4) is 10.4 Å². The van der Waals surface area contributed by atoms with E-state index in [-0.39, 0.29) is 10.9 Å². The largest absolute Gasteiger partial charge is 0.416 e. The van der Waals surface area contributed by atoms with Crippen molar-refractivity contribution < 1.29 is 18.0 Å². The maximum atomic E-state index is 13.2. The molecule has 2 aliphatic heterocycles. The first-order valence-corrected chi connectivity index (χ1v) is 12.4. The number of amides is 1. The van der Waals surface area contributed by atoms with E-state index in [0.717, 1.165) is 56.7 Å². The van der Waals surface area contributed by atoms with E-state index < -0.39 is 11.7 Å². The summed E-state index contributed by atoms with van der Waals surface area (Å²) in [5.41, 5.74) is 0.345. The van der Waals surface area contributed by atoms with E-state index >= 15 is 0 Å². The van der Waals surface area contributed by atoms with Gasteiger partial charge in [0.2, 0.25) is 0 Å². The molecule has 0 bridgehead atoms. The van der Waals surface area contributed by atoms with Crippen LogP contribution in [-0.2, 0) is 6.18 Å². The number of hydrogen-bond acceptors (Lipinski definition) is 3. The lowest BCUT2D eigenvalue weighted by Gasteiger charge is -2.38. The van der Waals surface area contributed by atoms with E-state index in [2.05, 4.69) is 4.90 Å². The molecule has 2 saturated heterocycles. The number of likely N-dealkylation sites (tertiary alicyclic amines) is 2. The monoisotopic (exact) mass is 484 g/mol. The van der Waals surface area contributed by atoms with Crippen LogP contribution in [0.1, 0.15) is 59.3 Å². The van der Waals surface area contributed by atoms with Gasteiger partial charge in [-0.05, 0) is 75.5 Å². The highest BCUT2D eigenvalue weighted by Crippen LogP contribution is 2.40. The predicted molar refractivity (Wildman–Crippen MR) is 123 cm³/mol. The fourth-order valence-corrected chi connectivity index (χ4v) is 6.20. The first kappa shape index (κ1) is 23.6. The molecule has 4 rings (SSSR count). The molecule has 2 fully saturated rings. The summed E-state index contributed by atoms with van der Waals surface area (Å²) >= 11 is 7.44. The minimum absolute atomic E-state index is 0.0313. The SMILES string of the molecule is Cc1cc(-c2cc(C(F)(F)F)ccc2Cl)sc1C(=O)N1CCC(N2CCCCCC2)CC1. The molecule has 0 spiro atoms. The molecular formula is C24H28ClF3N2OS. The zero-order valence-corrected chi connectivity index (χ0v) is 19.8. The van der Waals surface area contributed by atoms with Crippen molar-refractivity contribution in [3.63, 3.8) is 0 Å². The van der Waals surface area contributed by atoms with Crippen LogP contribution >= 0.6 is 22.9 Å². The van der Waals surface area contributed by atoms with Gasteiger partial charge < -0.3 is 9.80 Å². The second-order valence-electron chi connectivity index (χ2n) is 8.79. The standard InChI is InChI=1S/C24H28ClF3N2OS/c1-16-14-21(19-15-17(24(26,27)28)6-7-20(19)25)32-22(16)23(31)30-12-8-18(9-13-30)29-10-4-2-3-5-11-29/h6-7,14-15,18H,2-5,8-13H2,1H3. The Bertz CT molecular complexity index is 959. The normalized spacial score (nSPS) is 19.2. The molecule has 0 N–H and O–H groups in total. The number of alkyl halides is 3. The Labute approximate surface area is 196 Å². The number of thiophene rings is 1. The van der Waals surface area contributed by atoms with E-state index in [1.165, 1.54) is 43.1 Å². The summed E-state index contributed by atoms with van der Waals surface area (Å²) < 4.78 is 39.5. The fourth-order valence-electron chi connectivity index (χ4n) is 4.76. The Hall–Kier alpha value is -1.57. The molecule has 3 heterocycles. The summed E-state index contributed by atoms with van der Waals surface area (Å²) in [5, 5.41) is 0.247. The maximum Gasteiger partial charge on any atom is 0.416 e. The van der Waals surface area contributed by atoms with Gasteiger partial charge in [-0.3, -0.25) is 4.79 Å². The number of halogens is 4. The molecule has 0 saturated carbocycles. The van der Waals surface area contributed by atoms with Crippen LogP contribution < -0.4 is 0 Å². The van der Waals surface area contributed by atoms with E-state index in [9.17, 15) is 18.0 Å². The Balaban J connectivity index is 1.47. The minimum Gasteiger partial charge on any atom is -0.338 e. The maximum absolute atomic E-state index is 13.2. The van der Waals surface area contributed by atoms with Crippen molar-refractivity contribution in [3.05, 3.63) is 45.3 Å². The molecule has 0 atom stereocenters. The zero-order valence-electron chi connectivity index (χ0n) is 18.2. The molecule has 0 unspecified atom stereocenters. The molecule has 3 nitrogen and oxygen atoms in total. The average molecular weight is 485 g/mol. The van der Waals surface area contributed by atoms with Crippen LogP contribution in [0.3, 0.4) is 0 Å². The molecule has 0 aliphatic carbocycles. The third kappa shape index (κ3) is 5.15. The molecule has 0 radical (unpaired) electrons. The van der Waals surface area contributed by atoms with Crippen molar-refractivity contribution in [1.29, 1.82) is 0 Å². The summed E-state index contributed by atoms with van der Waals surface area (Å²) in [5.74, 6) is -0.0313. The van der Waals surface area contributed by atoms with Gasteiger partial charge in [0, 0.05) is 34.6 Å². The van der Waals surface area contributed by atoms with E-state index in [1.54, 1.807) is 6.07 Å². The third-order valence-electron chi connectivity index (χ3n) is 6.58. The number of piperidine rings is 1. The number of aryl methyl sites for hydroxylation is 1. The molecule has 1 aromatic carbocycles. The van der Waals surface area contributed by atoms with Crippen LogP contribution in [0.4, 0.5) is 13.2 Å². The van der Waals surface area contributed by atoms with Crippen molar-refractivity contribution in [2.24, 2.45) is 0 Å². The van der Waals surface area contributed by atoms with Gasteiger partial charge in [0.1, 0.15) is 0 Å². The van der Waals surface area contributed by atoms with Gasteiger partial charge in [-0.2, -0.15) is 13.2 Å². The zero-order chi connectivity index (χ0) is 22.9. The molecule has 2 aliphatic rings. The summed E-state index contributed by atoms with van der Waals surface area (Å²) in [6.45, 7) is 5.58. The highest BCUT2D eigenvalue weighted by molar-refractivity contribution is 7.17. The van der Waals surface area contributed by atoms with Gasteiger partial charge in [-0.15, -0.1) is 11.3 Å². The van der Waals surface area contributed by atoms with Crippen LogP contribution in [0.15, 0.2) is 24.3 Å². The van der Waals surface area contributed by atoms with Crippen LogP contribution in [-0.4, -0.2) is 47.9 Å². The molecular weight excluding hydrogens is 457 g/mol. The summed E-state index contributed by atoms with van der Waals surface area (Å²) in [6, 6.07) is 5.62. The molecule has 1 aromatic heterocycles. The van der Waals surface area contributed by atoms with Gasteiger partial charge in [0.05, 0.1) is 10.4 Å². The van der Waals surface area contributed by atoms with Crippen molar-refractivity contribution in [1.82, 2.24) is 9.80 Å². The first-order chi connectivity index (χ1) is 15.2. The van der Waals surface area contributed by atoms with Gasteiger partial charge in [-0.1, -0.05) is 24.4 Å². The second-order valence-corrected chi connectivity index (χ2v) is 10.2. The molecule has 8 heteroatoms. The smallest absolute Gasteiger partial charge is 0.338 e. The van der Waals surface area contributed by atoms with E-state index in [0.29, 0.717) is 21.4 Å². The number of nitrogens with zero attached hydrogens (tertiary/aromatic N) is 2. The average Bonchev–Trinajstić information content (AvgIpc) is 2.96. The van der Waals surface area contributed by atoms with Gasteiger partial charge in [0.25, 0.3) is 5.91 Å². The predicted octanol–water partition coefficient (Wildman–Crippen LogP) is 6.88. The van der Waals surface area contributed by atoms with Crippen molar-refractivity contribution in [2.75, 3.05) is 26.2 Å². The van der Waals surface area contributed by atoms with Crippen molar-refractivity contribution >= 4 is 28.8 Å². The number of rotatable bonds is 3. The van der Waals surface area contributed by atoms with Crippen LogP contribution in [0.25, 0.3) is 10.4 Å². The summed E-state index contributed by atoms with van der Waals surface area (Å²) in [6.07, 6.45) is 2.64. The lowest BCUT2D eigenvalue weighted by atomic mass is 10.0. The van der Waals surface area contributed by atoms with Crippen molar-refractivity contribution in [2.45, 2.75) is 57.7 Å². The Morgan fingerprint density at radius 2 is 1.69 bits per heavy atom. The van der Waals surface area contributed by atoms with Gasteiger partial charge >= 0.3 is 6.18 Å². The lowest BCUT2D eigenvalue weighted by Crippen LogP contribution is -2.47. The quantitative estimate of drug-likeness (QED) is 0.474. The topological polar surface area (TPSA) is 23.6 Å². The number of carbonyl (C=O) groups is 1. The highest BCUT2D eigenvalue weighted by Gasteiger charge is 2.32. The van der Waals surface area contributed by atoms with Crippen LogP contribution in [0.2, 0.25) is 5.02 Å². The Morgan fingerprint density at radius 3 is 2.31 bits per heavy atom. The Kier molecular flexibility index (Phi) is 7.18. The lowest BCUT2D eigenvalue weighted by molar-refractivity contribution is -0.137. The fraction of sp³-hybridized carbons (Fsp3) is 0.542. The molecule has 2 aromatic rings. The summed E-state index contributed by atoms with van der Waals surface area (Å²) in [4.78, 5) is 18.9. The molecule has 1 amide bonds. The number of benzene rings is 1.